The van der Waals surface area contributed by atoms with E-state index in [1.807, 2.05) is 11.9 Å². The summed E-state index contributed by atoms with van der Waals surface area (Å²) in [7, 11) is 1.86. The first-order valence-electron chi connectivity index (χ1n) is 3.54. The lowest BCUT2D eigenvalue weighted by molar-refractivity contribution is -0.141. The number of aliphatic carboxylic acids is 1. The Labute approximate surface area is 60.6 Å². The molecule has 10 heavy (non-hydrogen) atoms. The molecule has 2 atom stereocenters. The van der Waals surface area contributed by atoms with Crippen LogP contribution >= 0.6 is 0 Å². The van der Waals surface area contributed by atoms with E-state index in [1.165, 1.54) is 0 Å². The number of hydrogen-bond donors (Lipinski definition) is 1. The molecule has 1 aliphatic heterocycles. The lowest BCUT2D eigenvalue weighted by atomic mass is 10.1. The van der Waals surface area contributed by atoms with Crippen LogP contribution < -0.4 is 0 Å². The van der Waals surface area contributed by atoms with Crippen LogP contribution in [0.5, 0.6) is 0 Å². The van der Waals surface area contributed by atoms with Crippen molar-refractivity contribution in [2.24, 2.45) is 5.92 Å². The highest BCUT2D eigenvalue weighted by molar-refractivity contribution is 5.73. The summed E-state index contributed by atoms with van der Waals surface area (Å²) in [6, 6.07) is -0.241. The summed E-state index contributed by atoms with van der Waals surface area (Å²) in [5.41, 5.74) is 0. The van der Waals surface area contributed by atoms with Gasteiger partial charge in [-0.2, -0.15) is 0 Å². The van der Waals surface area contributed by atoms with Gasteiger partial charge in [0.1, 0.15) is 6.04 Å². The van der Waals surface area contributed by atoms with Crippen LogP contribution in [-0.4, -0.2) is 35.6 Å². The molecule has 0 spiro atoms. The molecule has 1 fully saturated rings. The first kappa shape index (κ1) is 7.54. The molecule has 1 aliphatic rings. The number of nitrogens with zero attached hydrogens (tertiary/aromatic N) is 1. The molecule has 1 heterocycles. The third-order valence-electron chi connectivity index (χ3n) is 2.04. The first-order chi connectivity index (χ1) is 4.61. The molecular weight excluding hydrogens is 130 g/mol. The Balaban J connectivity index is 2.54. The molecule has 1 unspecified atom stereocenters. The van der Waals surface area contributed by atoms with Crippen molar-refractivity contribution in [3.05, 3.63) is 0 Å². The SMILES string of the molecule is CC1C[C@H](C(=O)O)N(C)C1. The second kappa shape index (κ2) is 2.58. The van der Waals surface area contributed by atoms with Gasteiger partial charge in [0.05, 0.1) is 0 Å². The van der Waals surface area contributed by atoms with Crippen LogP contribution in [0.3, 0.4) is 0 Å². The average molecular weight is 143 g/mol. The summed E-state index contributed by atoms with van der Waals surface area (Å²) in [5.74, 6) is -0.155. The molecule has 0 aromatic heterocycles. The minimum Gasteiger partial charge on any atom is -0.480 e. The van der Waals surface area contributed by atoms with Crippen molar-refractivity contribution in [1.29, 1.82) is 0 Å². The Morgan fingerprint density at radius 2 is 2.30 bits per heavy atom. The van der Waals surface area contributed by atoms with E-state index in [0.717, 1.165) is 13.0 Å². The lowest BCUT2D eigenvalue weighted by Crippen LogP contribution is -2.32. The van der Waals surface area contributed by atoms with Gasteiger partial charge in [0.25, 0.3) is 0 Å². The summed E-state index contributed by atoms with van der Waals surface area (Å²) in [4.78, 5) is 12.4. The molecule has 0 amide bonds. The van der Waals surface area contributed by atoms with Gasteiger partial charge in [-0.15, -0.1) is 0 Å². The zero-order chi connectivity index (χ0) is 7.72. The van der Waals surface area contributed by atoms with Gasteiger partial charge < -0.3 is 5.11 Å². The van der Waals surface area contributed by atoms with Crippen molar-refractivity contribution in [1.82, 2.24) is 4.90 Å². The number of carboxylic acid groups (broad SMARTS) is 1. The summed E-state index contributed by atoms with van der Waals surface area (Å²) in [6.07, 6.45) is 0.797. The zero-order valence-corrected chi connectivity index (χ0v) is 6.37. The van der Waals surface area contributed by atoms with Crippen molar-refractivity contribution >= 4 is 5.97 Å². The smallest absolute Gasteiger partial charge is 0.320 e. The summed E-state index contributed by atoms with van der Waals surface area (Å²) in [5, 5.41) is 8.66. The fourth-order valence-corrected chi connectivity index (χ4v) is 1.54. The third-order valence-corrected chi connectivity index (χ3v) is 2.04. The Kier molecular flexibility index (Phi) is 1.94. The second-order valence-electron chi connectivity index (χ2n) is 3.13. The molecule has 1 saturated heterocycles. The fourth-order valence-electron chi connectivity index (χ4n) is 1.54. The van der Waals surface area contributed by atoms with E-state index >= 15 is 0 Å². The highest BCUT2D eigenvalue weighted by atomic mass is 16.4. The topological polar surface area (TPSA) is 40.5 Å². The van der Waals surface area contributed by atoms with Crippen LogP contribution in [0, 0.1) is 5.92 Å². The summed E-state index contributed by atoms with van der Waals surface area (Å²) < 4.78 is 0. The molecule has 0 radical (unpaired) electrons. The molecule has 0 aliphatic carbocycles. The molecule has 3 heteroatoms. The zero-order valence-electron chi connectivity index (χ0n) is 6.37. The van der Waals surface area contributed by atoms with Gasteiger partial charge in [-0.05, 0) is 19.4 Å². The molecule has 58 valence electrons. The van der Waals surface area contributed by atoms with Crippen LogP contribution in [0.4, 0.5) is 0 Å². The Hall–Kier alpha value is -0.570. The predicted octanol–water partition coefficient (Wildman–Crippen LogP) is 0.411. The highest BCUT2D eigenvalue weighted by Crippen LogP contribution is 2.20. The largest absolute Gasteiger partial charge is 0.480 e. The van der Waals surface area contributed by atoms with Crippen LogP contribution in [0.2, 0.25) is 0 Å². The first-order valence-corrected chi connectivity index (χ1v) is 3.54. The molecular formula is C7H13NO2. The van der Waals surface area contributed by atoms with E-state index < -0.39 is 5.97 Å². The van der Waals surface area contributed by atoms with Gasteiger partial charge in [-0.1, -0.05) is 6.92 Å². The van der Waals surface area contributed by atoms with Gasteiger partial charge in [-0.3, -0.25) is 9.69 Å². The summed E-state index contributed by atoms with van der Waals surface area (Å²) in [6.45, 7) is 3.00. The Morgan fingerprint density at radius 1 is 1.70 bits per heavy atom. The van der Waals surface area contributed by atoms with E-state index in [0.29, 0.717) is 5.92 Å². The van der Waals surface area contributed by atoms with Crippen molar-refractivity contribution in [3.8, 4) is 0 Å². The fraction of sp³-hybridized carbons (Fsp3) is 0.857. The van der Waals surface area contributed by atoms with Gasteiger partial charge >= 0.3 is 5.97 Å². The Morgan fingerprint density at radius 3 is 2.50 bits per heavy atom. The van der Waals surface area contributed by atoms with Crippen molar-refractivity contribution in [2.75, 3.05) is 13.6 Å². The van der Waals surface area contributed by atoms with Gasteiger partial charge in [-0.25, -0.2) is 0 Å². The molecule has 0 aromatic carbocycles. The molecule has 0 saturated carbocycles. The maximum Gasteiger partial charge on any atom is 0.320 e. The van der Waals surface area contributed by atoms with E-state index in [-0.39, 0.29) is 6.04 Å². The number of likely N-dealkylation sites (tertiary alicyclic amines) is 1. The number of likely N-dealkylation sites (N-methyl/N-ethyl adjacent to an activating group) is 1. The van der Waals surface area contributed by atoms with Crippen LogP contribution in [0.1, 0.15) is 13.3 Å². The molecule has 1 N–H and O–H groups in total. The van der Waals surface area contributed by atoms with Crippen LogP contribution in [0.15, 0.2) is 0 Å². The number of rotatable bonds is 1. The van der Waals surface area contributed by atoms with Crippen molar-refractivity contribution in [2.45, 2.75) is 19.4 Å². The highest BCUT2D eigenvalue weighted by Gasteiger charge is 2.31. The van der Waals surface area contributed by atoms with Gasteiger partial charge in [0.15, 0.2) is 0 Å². The van der Waals surface area contributed by atoms with E-state index in [4.69, 9.17) is 5.11 Å². The normalized spacial score (nSPS) is 34.6. The quantitative estimate of drug-likeness (QED) is 0.578. The molecule has 0 bridgehead atoms. The standard InChI is InChI=1S/C7H13NO2/c1-5-3-6(7(9)10)8(2)4-5/h5-6H,3-4H2,1-2H3,(H,9,10)/t5?,6-/m1/s1. The van der Waals surface area contributed by atoms with Crippen LogP contribution in [0.25, 0.3) is 0 Å². The molecule has 1 rings (SSSR count). The van der Waals surface area contributed by atoms with Crippen LogP contribution in [-0.2, 0) is 4.79 Å². The van der Waals surface area contributed by atoms with Gasteiger partial charge in [0, 0.05) is 6.54 Å². The lowest BCUT2D eigenvalue weighted by Gasteiger charge is -2.13. The maximum absolute atomic E-state index is 10.5. The van der Waals surface area contributed by atoms with Gasteiger partial charge in [0.2, 0.25) is 0 Å². The third kappa shape index (κ3) is 1.29. The predicted molar refractivity (Wildman–Crippen MR) is 37.8 cm³/mol. The minimum atomic E-state index is -0.688. The average Bonchev–Trinajstić information content (AvgIpc) is 2.10. The number of hydrogen-bond acceptors (Lipinski definition) is 2. The molecule has 0 aromatic rings. The minimum absolute atomic E-state index is 0.241. The monoisotopic (exact) mass is 143 g/mol. The van der Waals surface area contributed by atoms with Crippen molar-refractivity contribution < 1.29 is 9.90 Å². The van der Waals surface area contributed by atoms with E-state index in [1.54, 1.807) is 0 Å². The maximum atomic E-state index is 10.5. The summed E-state index contributed by atoms with van der Waals surface area (Å²) >= 11 is 0. The number of carboxylic acids is 1. The van der Waals surface area contributed by atoms with Crippen molar-refractivity contribution in [3.63, 3.8) is 0 Å². The van der Waals surface area contributed by atoms with E-state index in [9.17, 15) is 4.79 Å². The second-order valence-corrected chi connectivity index (χ2v) is 3.13. The molecule has 3 nitrogen and oxygen atoms in total. The number of carbonyl (C=O) groups is 1. The van der Waals surface area contributed by atoms with E-state index in [2.05, 4.69) is 6.92 Å². The Bertz CT molecular complexity index is 147.